The summed E-state index contributed by atoms with van der Waals surface area (Å²) >= 11 is 1.60. The summed E-state index contributed by atoms with van der Waals surface area (Å²) < 4.78 is 1.85. The van der Waals surface area contributed by atoms with E-state index in [2.05, 4.69) is 22.4 Å². The van der Waals surface area contributed by atoms with Crippen LogP contribution in [0.15, 0.2) is 71.3 Å². The number of rotatable bonds is 4. The lowest BCUT2D eigenvalue weighted by Crippen LogP contribution is -2.31. The monoisotopic (exact) mass is 389 g/mol. The molecule has 0 amide bonds. The number of hydrogen-bond acceptors (Lipinski definition) is 6. The number of carbonyl (C=O) groups excluding carboxylic acids is 1. The van der Waals surface area contributed by atoms with Crippen LogP contribution in [0.1, 0.15) is 36.4 Å². The fraction of sp³-hybridized carbons (Fsp3) is 0.238. The van der Waals surface area contributed by atoms with E-state index in [1.807, 2.05) is 35.0 Å². The Bertz CT molecular complexity index is 1050. The first-order valence-electron chi connectivity index (χ1n) is 9.36. The predicted octanol–water partition coefficient (Wildman–Crippen LogP) is 3.99. The molecule has 5 rings (SSSR count). The molecule has 2 aromatic heterocycles. The molecule has 140 valence electrons. The molecule has 2 aliphatic rings. The van der Waals surface area contributed by atoms with Crippen LogP contribution in [0.5, 0.6) is 0 Å². The second-order valence-corrected chi connectivity index (χ2v) is 7.86. The molecule has 0 spiro atoms. The number of thioether (sulfide) groups is 1. The number of anilines is 1. The number of benzene rings is 1. The van der Waals surface area contributed by atoms with E-state index in [1.165, 1.54) is 5.56 Å². The number of nitrogens with one attached hydrogen (secondary N) is 1. The molecule has 1 aliphatic heterocycles. The molecule has 0 saturated carbocycles. The standard InChI is InChI=1S/C21H19N5OS/c27-17-8-4-7-16-18(17)19(15-9-11-22-12-10-15)26-20(23-16)24-21(25-26)28-13-14-5-2-1-3-6-14/h1-3,5-6,9-12,19H,4,7-8,13H2,(H,23,24,25)/t19-/m1/s1. The molecule has 0 fully saturated rings. The Morgan fingerprint density at radius 2 is 1.93 bits per heavy atom. The number of fused-ring (bicyclic) bond motifs is 1. The van der Waals surface area contributed by atoms with Crippen LogP contribution < -0.4 is 5.32 Å². The van der Waals surface area contributed by atoms with Crippen LogP contribution in [0.4, 0.5) is 5.95 Å². The number of pyridine rings is 1. The topological polar surface area (TPSA) is 72.7 Å². The first-order chi connectivity index (χ1) is 13.8. The third kappa shape index (κ3) is 3.11. The number of ketones is 1. The first kappa shape index (κ1) is 17.2. The predicted molar refractivity (Wildman–Crippen MR) is 108 cm³/mol. The Kier molecular flexibility index (Phi) is 4.44. The van der Waals surface area contributed by atoms with Crippen molar-refractivity contribution in [1.29, 1.82) is 0 Å². The Morgan fingerprint density at radius 1 is 1.11 bits per heavy atom. The summed E-state index contributed by atoms with van der Waals surface area (Å²) in [6.07, 6.45) is 5.83. The molecule has 0 saturated heterocycles. The summed E-state index contributed by atoms with van der Waals surface area (Å²) in [5, 5.41) is 8.82. The minimum Gasteiger partial charge on any atom is -0.328 e. The van der Waals surface area contributed by atoms with Crippen LogP contribution >= 0.6 is 11.8 Å². The Balaban J connectivity index is 1.51. The molecule has 1 aromatic carbocycles. The third-order valence-corrected chi connectivity index (χ3v) is 5.99. The molecule has 6 nitrogen and oxygen atoms in total. The highest BCUT2D eigenvalue weighted by atomic mass is 32.2. The van der Waals surface area contributed by atoms with Crippen LogP contribution in [-0.4, -0.2) is 25.5 Å². The summed E-state index contributed by atoms with van der Waals surface area (Å²) in [7, 11) is 0. The van der Waals surface area contributed by atoms with Crippen LogP contribution in [-0.2, 0) is 10.5 Å². The number of Topliss-reactive ketones (excluding diaryl/α,β-unsaturated/α-hetero) is 1. The smallest absolute Gasteiger partial charge is 0.227 e. The van der Waals surface area contributed by atoms with Gasteiger partial charge in [0.1, 0.15) is 6.04 Å². The van der Waals surface area contributed by atoms with Gasteiger partial charge in [-0.25, -0.2) is 4.68 Å². The third-order valence-electron chi connectivity index (χ3n) is 5.08. The van der Waals surface area contributed by atoms with Gasteiger partial charge in [0.25, 0.3) is 0 Å². The highest BCUT2D eigenvalue weighted by Crippen LogP contribution is 2.40. The minimum atomic E-state index is -0.249. The Labute approximate surface area is 167 Å². The second kappa shape index (κ2) is 7.24. The minimum absolute atomic E-state index is 0.190. The van der Waals surface area contributed by atoms with E-state index in [0.29, 0.717) is 17.5 Å². The number of allylic oxidation sites excluding steroid dienone is 2. The van der Waals surface area contributed by atoms with Crippen LogP contribution in [0, 0.1) is 0 Å². The summed E-state index contributed by atoms with van der Waals surface area (Å²) in [6.45, 7) is 0. The second-order valence-electron chi connectivity index (χ2n) is 6.91. The SMILES string of the molecule is O=C1CCCC2=C1[C@@H](c1ccncc1)n1nc(SCc3ccccc3)nc1N2. The average Bonchev–Trinajstić information content (AvgIpc) is 3.15. The summed E-state index contributed by atoms with van der Waals surface area (Å²) in [6, 6.07) is 13.9. The zero-order chi connectivity index (χ0) is 18.9. The molecule has 28 heavy (non-hydrogen) atoms. The van der Waals surface area contributed by atoms with Gasteiger partial charge in [0, 0.05) is 35.8 Å². The van der Waals surface area contributed by atoms with Gasteiger partial charge in [-0.15, -0.1) is 5.10 Å². The lowest BCUT2D eigenvalue weighted by molar-refractivity contribution is -0.116. The van der Waals surface area contributed by atoms with Gasteiger partial charge in [-0.3, -0.25) is 9.78 Å². The van der Waals surface area contributed by atoms with E-state index in [9.17, 15) is 4.79 Å². The van der Waals surface area contributed by atoms with Gasteiger partial charge in [-0.2, -0.15) is 4.98 Å². The molecular weight excluding hydrogens is 370 g/mol. The number of carbonyl (C=O) groups is 1. The maximum atomic E-state index is 12.8. The van der Waals surface area contributed by atoms with Crippen molar-refractivity contribution in [2.24, 2.45) is 0 Å². The normalized spacial score (nSPS) is 18.4. The molecule has 0 radical (unpaired) electrons. The van der Waals surface area contributed by atoms with Gasteiger partial charge in [-0.1, -0.05) is 42.1 Å². The fourth-order valence-corrected chi connectivity index (χ4v) is 4.56. The average molecular weight is 389 g/mol. The van der Waals surface area contributed by atoms with Gasteiger partial charge in [0.15, 0.2) is 5.78 Å². The zero-order valence-corrected chi connectivity index (χ0v) is 16.0. The maximum absolute atomic E-state index is 12.8. The maximum Gasteiger partial charge on any atom is 0.227 e. The van der Waals surface area contributed by atoms with Crippen LogP contribution in [0.25, 0.3) is 0 Å². The fourth-order valence-electron chi connectivity index (χ4n) is 3.77. The molecule has 7 heteroatoms. The van der Waals surface area contributed by atoms with Gasteiger partial charge >= 0.3 is 0 Å². The van der Waals surface area contributed by atoms with E-state index in [-0.39, 0.29) is 11.8 Å². The summed E-state index contributed by atoms with van der Waals surface area (Å²) in [5.41, 5.74) is 4.03. The number of aromatic nitrogens is 4. The molecule has 0 unspecified atom stereocenters. The van der Waals surface area contributed by atoms with Crippen molar-refractivity contribution in [2.75, 3.05) is 5.32 Å². The van der Waals surface area contributed by atoms with Gasteiger partial charge < -0.3 is 5.32 Å². The largest absolute Gasteiger partial charge is 0.328 e. The van der Waals surface area contributed by atoms with Gasteiger partial charge in [-0.05, 0) is 36.1 Å². The highest BCUT2D eigenvalue weighted by molar-refractivity contribution is 7.98. The lowest BCUT2D eigenvalue weighted by atomic mass is 9.86. The molecular formula is C21H19N5OS. The highest BCUT2D eigenvalue weighted by Gasteiger charge is 2.36. The van der Waals surface area contributed by atoms with Crippen LogP contribution in [0.2, 0.25) is 0 Å². The van der Waals surface area contributed by atoms with Crippen molar-refractivity contribution >= 4 is 23.5 Å². The van der Waals surface area contributed by atoms with Crippen molar-refractivity contribution in [1.82, 2.24) is 19.7 Å². The van der Waals surface area contributed by atoms with Crippen molar-refractivity contribution in [3.8, 4) is 0 Å². The molecule has 1 N–H and O–H groups in total. The van der Waals surface area contributed by atoms with Crippen molar-refractivity contribution < 1.29 is 4.79 Å². The molecule has 0 bridgehead atoms. The lowest BCUT2D eigenvalue weighted by Gasteiger charge is -2.32. The van der Waals surface area contributed by atoms with E-state index in [0.717, 1.165) is 35.4 Å². The Morgan fingerprint density at radius 3 is 2.75 bits per heavy atom. The van der Waals surface area contributed by atoms with E-state index in [4.69, 9.17) is 10.1 Å². The van der Waals surface area contributed by atoms with Crippen molar-refractivity contribution in [3.05, 3.63) is 77.3 Å². The van der Waals surface area contributed by atoms with E-state index in [1.54, 1.807) is 24.2 Å². The van der Waals surface area contributed by atoms with Crippen LogP contribution in [0.3, 0.4) is 0 Å². The molecule has 1 atom stereocenters. The van der Waals surface area contributed by atoms with Gasteiger partial charge in [0.05, 0.1) is 0 Å². The molecule has 3 aromatic rings. The van der Waals surface area contributed by atoms with E-state index < -0.39 is 0 Å². The van der Waals surface area contributed by atoms with Crippen molar-refractivity contribution in [3.63, 3.8) is 0 Å². The zero-order valence-electron chi connectivity index (χ0n) is 15.2. The van der Waals surface area contributed by atoms with E-state index >= 15 is 0 Å². The number of hydrogen-bond donors (Lipinski definition) is 1. The van der Waals surface area contributed by atoms with Gasteiger partial charge in [0.2, 0.25) is 11.1 Å². The summed E-state index contributed by atoms with van der Waals surface area (Å²) in [5.74, 6) is 1.69. The first-order valence-corrected chi connectivity index (χ1v) is 10.3. The van der Waals surface area contributed by atoms with Crippen molar-refractivity contribution in [2.45, 2.75) is 36.2 Å². The quantitative estimate of drug-likeness (QED) is 0.680. The Hall–Kier alpha value is -2.93. The number of nitrogens with zero attached hydrogens (tertiary/aromatic N) is 4. The summed E-state index contributed by atoms with van der Waals surface area (Å²) in [4.78, 5) is 21.6. The molecule has 3 heterocycles. The molecule has 1 aliphatic carbocycles.